The van der Waals surface area contributed by atoms with Crippen molar-refractivity contribution >= 4 is 50.8 Å². The molecule has 2 nitrogen and oxygen atoms in total. The molecule has 0 bridgehead atoms. The number of benzene rings is 2. The van der Waals surface area contributed by atoms with Crippen LogP contribution in [0, 0.1) is 25.7 Å². The second-order valence-electron chi connectivity index (χ2n) is 5.25. The Bertz CT molecular complexity index is 838. The lowest BCUT2D eigenvalue weighted by molar-refractivity contribution is 0.414. The van der Waals surface area contributed by atoms with E-state index in [9.17, 15) is 0 Å². The lowest BCUT2D eigenvalue weighted by Crippen LogP contribution is -1.91. The zero-order valence-corrected chi connectivity index (χ0v) is 18.4. The molecular formula is C20H18I2O2. The van der Waals surface area contributed by atoms with E-state index in [-0.39, 0.29) is 0 Å². The zero-order chi connectivity index (χ0) is 17.7. The summed E-state index contributed by atoms with van der Waals surface area (Å²) in [7, 11) is 3.35. The molecule has 0 saturated carbocycles. The number of allylic oxidation sites excluding steroid dienone is 1. The number of methoxy groups -OCH3 is 2. The first kappa shape index (κ1) is 19.1. The summed E-state index contributed by atoms with van der Waals surface area (Å²) in [6, 6.07) is 12.0. The minimum Gasteiger partial charge on any atom is -0.497 e. The molecule has 0 saturated heterocycles. The Kier molecular flexibility index (Phi) is 6.99. The molecule has 24 heavy (non-hydrogen) atoms. The van der Waals surface area contributed by atoms with Crippen molar-refractivity contribution in [2.24, 2.45) is 0 Å². The Hall–Kier alpha value is -1.20. The highest BCUT2D eigenvalue weighted by Gasteiger charge is 2.08. The summed E-state index contributed by atoms with van der Waals surface area (Å²) in [6.45, 7) is 4.12. The van der Waals surface area contributed by atoms with Gasteiger partial charge in [-0.25, -0.2) is 0 Å². The molecule has 0 N–H and O–H groups in total. The molecule has 0 aliphatic heterocycles. The van der Waals surface area contributed by atoms with Gasteiger partial charge in [0.1, 0.15) is 11.5 Å². The van der Waals surface area contributed by atoms with Crippen LogP contribution in [0.4, 0.5) is 0 Å². The molecule has 0 aromatic heterocycles. The lowest BCUT2D eigenvalue weighted by Gasteiger charge is -2.08. The number of rotatable bonds is 3. The van der Waals surface area contributed by atoms with Crippen molar-refractivity contribution < 1.29 is 9.47 Å². The summed E-state index contributed by atoms with van der Waals surface area (Å²) in [5, 5.41) is 0. The number of halogens is 2. The number of ether oxygens (including phenoxy) is 2. The maximum atomic E-state index is 5.29. The average Bonchev–Trinajstić information content (AvgIpc) is 2.56. The number of hydrogen-bond acceptors (Lipinski definition) is 2. The quantitative estimate of drug-likeness (QED) is 0.354. The Morgan fingerprint density at radius 2 is 1.46 bits per heavy atom. The van der Waals surface area contributed by atoms with E-state index < -0.39 is 0 Å². The summed E-state index contributed by atoms with van der Waals surface area (Å²) in [5.74, 6) is 8.35. The van der Waals surface area contributed by atoms with Crippen LogP contribution in [-0.4, -0.2) is 14.2 Å². The largest absolute Gasteiger partial charge is 0.497 e. The van der Waals surface area contributed by atoms with Gasteiger partial charge in [-0.1, -0.05) is 11.8 Å². The fourth-order valence-electron chi connectivity index (χ4n) is 2.29. The maximum Gasteiger partial charge on any atom is 0.119 e. The second kappa shape index (κ2) is 8.77. The van der Waals surface area contributed by atoms with Crippen molar-refractivity contribution in [1.82, 2.24) is 0 Å². The van der Waals surface area contributed by atoms with Crippen LogP contribution in [-0.2, 0) is 0 Å². The molecule has 0 atom stereocenters. The summed E-state index contributed by atoms with van der Waals surface area (Å²) in [4.78, 5) is 0. The summed E-state index contributed by atoms with van der Waals surface area (Å²) < 4.78 is 11.7. The van der Waals surface area contributed by atoms with E-state index >= 15 is 0 Å². The van der Waals surface area contributed by atoms with E-state index in [0.717, 1.165) is 40.9 Å². The second-order valence-corrected chi connectivity index (χ2v) is 9.47. The molecule has 0 unspecified atom stereocenters. The highest BCUT2D eigenvalue weighted by Crippen LogP contribution is 2.31. The van der Waals surface area contributed by atoms with E-state index in [1.54, 1.807) is 14.2 Å². The molecule has 4 heteroatoms. The van der Waals surface area contributed by atoms with Gasteiger partial charge in [-0.05, 0) is 112 Å². The first-order valence-corrected chi connectivity index (χ1v) is 9.49. The molecule has 2 aromatic carbocycles. The van der Waals surface area contributed by atoms with Crippen molar-refractivity contribution in [2.75, 3.05) is 14.2 Å². The van der Waals surface area contributed by atoms with Crippen LogP contribution in [0.2, 0.25) is 0 Å². The Morgan fingerprint density at radius 3 is 1.96 bits per heavy atom. The molecule has 124 valence electrons. The van der Waals surface area contributed by atoms with Crippen molar-refractivity contribution in [2.45, 2.75) is 13.8 Å². The van der Waals surface area contributed by atoms with Crippen molar-refractivity contribution in [3.63, 3.8) is 0 Å². The van der Waals surface area contributed by atoms with Gasteiger partial charge in [0.25, 0.3) is 0 Å². The van der Waals surface area contributed by atoms with Gasteiger partial charge < -0.3 is 9.47 Å². The van der Waals surface area contributed by atoms with Crippen molar-refractivity contribution in [1.29, 1.82) is 0 Å². The topological polar surface area (TPSA) is 18.5 Å². The van der Waals surface area contributed by atoms with Crippen LogP contribution in [0.15, 0.2) is 38.0 Å². The van der Waals surface area contributed by atoms with Crippen LogP contribution in [0.25, 0.3) is 5.57 Å². The van der Waals surface area contributed by atoms with E-state index in [4.69, 9.17) is 9.47 Å². The molecule has 0 heterocycles. The maximum absolute atomic E-state index is 5.29. The molecule has 0 radical (unpaired) electrons. The first-order chi connectivity index (χ1) is 11.5. The van der Waals surface area contributed by atoms with Gasteiger partial charge >= 0.3 is 0 Å². The van der Waals surface area contributed by atoms with E-state index in [2.05, 4.69) is 70.0 Å². The van der Waals surface area contributed by atoms with Crippen LogP contribution in [0.1, 0.15) is 22.3 Å². The van der Waals surface area contributed by atoms with Crippen LogP contribution < -0.4 is 9.47 Å². The third-order valence-electron chi connectivity index (χ3n) is 3.65. The lowest BCUT2D eigenvalue weighted by atomic mass is 10.0. The number of hydrogen-bond donors (Lipinski definition) is 0. The highest BCUT2D eigenvalue weighted by atomic mass is 127. The SMILES string of the molecule is COc1ccc(C#CC(=C(I)I)c2ccc(OC)cc2C)c(C)c1. The van der Waals surface area contributed by atoms with E-state index in [1.807, 2.05) is 37.3 Å². The smallest absolute Gasteiger partial charge is 0.119 e. The predicted octanol–water partition coefficient (Wildman–Crippen LogP) is 5.91. The van der Waals surface area contributed by atoms with Gasteiger partial charge in [0.2, 0.25) is 0 Å². The standard InChI is InChI=1S/C20H18I2O2/c1-13-11-16(23-3)7-5-15(13)6-9-19(20(21)22)18-10-8-17(24-4)12-14(18)2/h5,7-8,10-12H,1-4H3. The van der Waals surface area contributed by atoms with Crippen LogP contribution in [0.5, 0.6) is 11.5 Å². The minimum atomic E-state index is 0.850. The highest BCUT2D eigenvalue weighted by molar-refractivity contribution is 14.2. The van der Waals surface area contributed by atoms with Gasteiger partial charge in [0.05, 0.1) is 21.4 Å². The third kappa shape index (κ3) is 4.67. The fourth-order valence-corrected chi connectivity index (χ4v) is 3.14. The predicted molar refractivity (Wildman–Crippen MR) is 117 cm³/mol. The van der Waals surface area contributed by atoms with Gasteiger partial charge in [0, 0.05) is 5.56 Å². The van der Waals surface area contributed by atoms with Gasteiger partial charge in [-0.2, -0.15) is 0 Å². The molecule has 2 rings (SSSR count). The Morgan fingerprint density at radius 1 is 0.875 bits per heavy atom. The van der Waals surface area contributed by atoms with E-state index in [1.165, 1.54) is 0 Å². The van der Waals surface area contributed by atoms with E-state index in [0.29, 0.717) is 0 Å². The Labute approximate surface area is 170 Å². The average molecular weight is 544 g/mol. The summed E-state index contributed by atoms with van der Waals surface area (Å²) >= 11 is 4.64. The molecule has 0 aliphatic rings. The van der Waals surface area contributed by atoms with Gasteiger partial charge in [0.15, 0.2) is 0 Å². The molecule has 0 spiro atoms. The molecular weight excluding hydrogens is 526 g/mol. The van der Waals surface area contributed by atoms with Crippen molar-refractivity contribution in [3.8, 4) is 23.3 Å². The molecule has 0 aliphatic carbocycles. The Balaban J connectivity index is 2.44. The molecule has 2 aromatic rings. The van der Waals surface area contributed by atoms with Gasteiger partial charge in [-0.3, -0.25) is 0 Å². The van der Waals surface area contributed by atoms with Gasteiger partial charge in [-0.15, -0.1) is 0 Å². The minimum absolute atomic E-state index is 0.850. The first-order valence-electron chi connectivity index (χ1n) is 7.33. The van der Waals surface area contributed by atoms with Crippen LogP contribution >= 0.6 is 45.2 Å². The third-order valence-corrected chi connectivity index (χ3v) is 4.73. The molecule has 0 fully saturated rings. The number of aryl methyl sites for hydroxylation is 2. The molecule has 0 amide bonds. The normalized spacial score (nSPS) is 9.75. The summed E-state index contributed by atoms with van der Waals surface area (Å²) in [5.41, 5.74) is 5.43. The fraction of sp³-hybridized carbons (Fsp3) is 0.200. The zero-order valence-electron chi connectivity index (χ0n) is 14.0. The van der Waals surface area contributed by atoms with Crippen molar-refractivity contribution in [3.05, 3.63) is 60.2 Å². The van der Waals surface area contributed by atoms with Crippen LogP contribution in [0.3, 0.4) is 0 Å². The summed E-state index contributed by atoms with van der Waals surface area (Å²) in [6.07, 6.45) is 0. The monoisotopic (exact) mass is 544 g/mol.